The minimum Gasteiger partial charge on any atom is -0.460 e. The molecule has 180 valence electrons. The number of pyridine rings is 1. The third-order valence-corrected chi connectivity index (χ3v) is 6.35. The molecule has 4 rings (SSSR count). The SMILES string of the molecule is Cc1ncc(C(CC(=O)OC(C)(C)C)n2nccc2CCC[C@H]2CCc3cccnc3C2)cn1. The van der Waals surface area contributed by atoms with Crippen LogP contribution >= 0.6 is 0 Å². The number of rotatable bonds is 8. The van der Waals surface area contributed by atoms with Gasteiger partial charge in [-0.15, -0.1) is 0 Å². The second-order valence-electron chi connectivity index (χ2n) is 10.2. The standard InChI is InChI=1S/C27H35N5O2/c1-19-29-17-22(18-30-19)25(16-26(33)34-27(2,3)4)32-23(12-14-31-32)9-5-7-20-10-11-21-8-6-13-28-24(21)15-20/h6,8,12-14,17-18,20,25H,5,7,9-11,15-16H2,1-4H3/t20-,25?/m0/s1. The maximum Gasteiger partial charge on any atom is 0.308 e. The first kappa shape index (κ1) is 24.0. The number of ether oxygens (including phenoxy) is 1. The van der Waals surface area contributed by atoms with Crippen LogP contribution in [0.1, 0.15) is 80.8 Å². The van der Waals surface area contributed by atoms with Crippen molar-refractivity contribution in [2.24, 2.45) is 5.92 Å². The topological polar surface area (TPSA) is 82.8 Å². The van der Waals surface area contributed by atoms with Gasteiger partial charge in [-0.05, 0) is 89.8 Å². The molecule has 1 aliphatic carbocycles. The van der Waals surface area contributed by atoms with Gasteiger partial charge in [0.05, 0.1) is 12.5 Å². The molecule has 1 aliphatic rings. The number of fused-ring (bicyclic) bond motifs is 1. The Kier molecular flexibility index (Phi) is 7.39. The van der Waals surface area contributed by atoms with Crippen molar-refractivity contribution in [3.8, 4) is 0 Å². The van der Waals surface area contributed by atoms with Gasteiger partial charge in [0, 0.05) is 41.7 Å². The van der Waals surface area contributed by atoms with E-state index in [4.69, 9.17) is 4.74 Å². The maximum absolute atomic E-state index is 12.7. The van der Waals surface area contributed by atoms with Gasteiger partial charge in [-0.25, -0.2) is 9.97 Å². The summed E-state index contributed by atoms with van der Waals surface area (Å²) in [5.41, 5.74) is 4.11. The average molecular weight is 462 g/mol. The quantitative estimate of drug-likeness (QED) is 0.447. The van der Waals surface area contributed by atoms with Crippen molar-refractivity contribution in [3.63, 3.8) is 0 Å². The van der Waals surface area contributed by atoms with Crippen molar-refractivity contribution in [1.82, 2.24) is 24.7 Å². The Morgan fingerprint density at radius 2 is 1.97 bits per heavy atom. The molecule has 0 radical (unpaired) electrons. The van der Waals surface area contributed by atoms with E-state index in [2.05, 4.69) is 32.2 Å². The van der Waals surface area contributed by atoms with Crippen LogP contribution in [-0.2, 0) is 28.8 Å². The van der Waals surface area contributed by atoms with Crippen LogP contribution in [0.5, 0.6) is 0 Å². The monoisotopic (exact) mass is 461 g/mol. The summed E-state index contributed by atoms with van der Waals surface area (Å²) in [7, 11) is 0. The first-order chi connectivity index (χ1) is 16.3. The van der Waals surface area contributed by atoms with Gasteiger partial charge in [-0.1, -0.05) is 6.07 Å². The van der Waals surface area contributed by atoms with Crippen molar-refractivity contribution >= 4 is 5.97 Å². The molecule has 0 amide bonds. The van der Waals surface area contributed by atoms with Crippen LogP contribution in [0.4, 0.5) is 0 Å². The predicted octanol–water partition coefficient (Wildman–Crippen LogP) is 4.83. The van der Waals surface area contributed by atoms with Crippen molar-refractivity contribution in [2.45, 2.75) is 84.3 Å². The molecule has 2 atom stereocenters. The van der Waals surface area contributed by atoms with Crippen LogP contribution in [0.15, 0.2) is 43.0 Å². The zero-order valence-electron chi connectivity index (χ0n) is 20.7. The fourth-order valence-electron chi connectivity index (χ4n) is 4.72. The second-order valence-corrected chi connectivity index (χ2v) is 10.2. The highest BCUT2D eigenvalue weighted by Gasteiger charge is 2.26. The minimum atomic E-state index is -0.536. The summed E-state index contributed by atoms with van der Waals surface area (Å²) in [4.78, 5) is 26.0. The largest absolute Gasteiger partial charge is 0.460 e. The fraction of sp³-hybridized carbons (Fsp3) is 0.519. The van der Waals surface area contributed by atoms with Gasteiger partial charge >= 0.3 is 5.97 Å². The lowest BCUT2D eigenvalue weighted by Crippen LogP contribution is -2.27. The van der Waals surface area contributed by atoms with E-state index in [0.717, 1.165) is 43.4 Å². The first-order valence-corrected chi connectivity index (χ1v) is 12.2. The molecule has 0 spiro atoms. The Hall–Kier alpha value is -3.09. The van der Waals surface area contributed by atoms with Crippen LogP contribution < -0.4 is 0 Å². The Morgan fingerprint density at radius 3 is 2.74 bits per heavy atom. The van der Waals surface area contributed by atoms with E-state index in [0.29, 0.717) is 11.7 Å². The van der Waals surface area contributed by atoms with Crippen LogP contribution in [0.3, 0.4) is 0 Å². The lowest BCUT2D eigenvalue weighted by atomic mass is 9.84. The lowest BCUT2D eigenvalue weighted by Gasteiger charge is -2.25. The molecule has 1 unspecified atom stereocenters. The van der Waals surface area contributed by atoms with Gasteiger partial charge in [-0.2, -0.15) is 5.10 Å². The Morgan fingerprint density at radius 1 is 1.18 bits per heavy atom. The van der Waals surface area contributed by atoms with Gasteiger partial charge in [0.25, 0.3) is 0 Å². The van der Waals surface area contributed by atoms with Crippen molar-refractivity contribution in [3.05, 3.63) is 71.3 Å². The summed E-state index contributed by atoms with van der Waals surface area (Å²) in [6.07, 6.45) is 14.0. The normalized spacial score (nSPS) is 16.6. The molecule has 0 saturated heterocycles. The van der Waals surface area contributed by atoms with Crippen molar-refractivity contribution in [1.29, 1.82) is 0 Å². The molecule has 3 aromatic rings. The van der Waals surface area contributed by atoms with Gasteiger partial charge in [0.15, 0.2) is 0 Å². The van der Waals surface area contributed by atoms with Crippen LogP contribution in [0.25, 0.3) is 0 Å². The number of aryl methyl sites for hydroxylation is 3. The number of aromatic nitrogens is 5. The van der Waals surface area contributed by atoms with Gasteiger partial charge < -0.3 is 4.74 Å². The number of hydrogen-bond donors (Lipinski definition) is 0. The van der Waals surface area contributed by atoms with Gasteiger partial charge in [0.2, 0.25) is 0 Å². The van der Waals surface area contributed by atoms with E-state index in [1.165, 1.54) is 17.7 Å². The van der Waals surface area contributed by atoms with Crippen molar-refractivity contribution < 1.29 is 9.53 Å². The summed E-state index contributed by atoms with van der Waals surface area (Å²) >= 11 is 0. The molecule has 0 aromatic carbocycles. The lowest BCUT2D eigenvalue weighted by molar-refractivity contribution is -0.155. The molecule has 3 aromatic heterocycles. The third-order valence-electron chi connectivity index (χ3n) is 6.35. The molecule has 3 heterocycles. The Bertz CT molecular complexity index is 1100. The van der Waals surface area contributed by atoms with Gasteiger partial charge in [0.1, 0.15) is 11.4 Å². The summed E-state index contributed by atoms with van der Waals surface area (Å²) in [6, 6.07) is 5.99. The minimum absolute atomic E-state index is 0.184. The smallest absolute Gasteiger partial charge is 0.308 e. The highest BCUT2D eigenvalue weighted by molar-refractivity contribution is 5.71. The number of carbonyl (C=O) groups is 1. The van der Waals surface area contributed by atoms with Crippen LogP contribution in [0, 0.1) is 12.8 Å². The Labute approximate surface area is 202 Å². The van der Waals surface area contributed by atoms with Crippen LogP contribution in [0.2, 0.25) is 0 Å². The highest BCUT2D eigenvalue weighted by atomic mass is 16.6. The van der Waals surface area contributed by atoms with Gasteiger partial charge in [-0.3, -0.25) is 14.5 Å². The zero-order chi connectivity index (χ0) is 24.1. The molecule has 7 nitrogen and oxygen atoms in total. The summed E-state index contributed by atoms with van der Waals surface area (Å²) < 4.78 is 7.57. The Balaban J connectivity index is 1.44. The number of carbonyl (C=O) groups excluding carboxylic acids is 1. The molecule has 0 fully saturated rings. The number of nitrogens with zero attached hydrogens (tertiary/aromatic N) is 5. The molecular formula is C27H35N5O2. The summed E-state index contributed by atoms with van der Waals surface area (Å²) in [5, 5.41) is 4.60. The van der Waals surface area contributed by atoms with E-state index in [9.17, 15) is 4.79 Å². The molecular weight excluding hydrogens is 426 g/mol. The maximum atomic E-state index is 12.7. The van der Waals surface area contributed by atoms with Crippen LogP contribution in [-0.4, -0.2) is 36.3 Å². The average Bonchev–Trinajstić information content (AvgIpc) is 3.25. The zero-order valence-corrected chi connectivity index (χ0v) is 20.7. The number of esters is 1. The fourth-order valence-corrected chi connectivity index (χ4v) is 4.72. The molecule has 0 N–H and O–H groups in total. The predicted molar refractivity (Wildman–Crippen MR) is 130 cm³/mol. The third kappa shape index (κ3) is 6.27. The second kappa shape index (κ2) is 10.5. The van der Waals surface area contributed by atoms with E-state index >= 15 is 0 Å². The summed E-state index contributed by atoms with van der Waals surface area (Å²) in [6.45, 7) is 7.50. The molecule has 0 saturated carbocycles. The molecule has 7 heteroatoms. The number of hydrogen-bond acceptors (Lipinski definition) is 6. The molecule has 0 bridgehead atoms. The van der Waals surface area contributed by atoms with E-state index < -0.39 is 5.60 Å². The molecule has 0 aliphatic heterocycles. The van der Waals surface area contributed by atoms with E-state index in [1.807, 2.05) is 50.8 Å². The van der Waals surface area contributed by atoms with Crippen molar-refractivity contribution in [2.75, 3.05) is 0 Å². The highest BCUT2D eigenvalue weighted by Crippen LogP contribution is 2.29. The first-order valence-electron chi connectivity index (χ1n) is 12.2. The summed E-state index contributed by atoms with van der Waals surface area (Å²) in [5.74, 6) is 1.11. The van der Waals surface area contributed by atoms with E-state index in [-0.39, 0.29) is 18.4 Å². The molecule has 34 heavy (non-hydrogen) atoms. The van der Waals surface area contributed by atoms with E-state index in [1.54, 1.807) is 12.4 Å².